The van der Waals surface area contributed by atoms with Crippen molar-refractivity contribution in [2.75, 3.05) is 0 Å². The molecule has 0 bridgehead atoms. The summed E-state index contributed by atoms with van der Waals surface area (Å²) in [5, 5.41) is 4.60. The Balaban J connectivity index is 1.85. The van der Waals surface area contributed by atoms with Crippen LogP contribution in [-0.2, 0) is 6.61 Å². The highest BCUT2D eigenvalue weighted by Gasteiger charge is 2.73. The van der Waals surface area contributed by atoms with Crippen molar-refractivity contribution >= 4 is 40.2 Å². The number of hydrogen-bond acceptors (Lipinski definition) is 3. The Morgan fingerprint density at radius 1 is 0.909 bits per heavy atom. The maximum Gasteiger partial charge on any atom is 0.462 e. The lowest BCUT2D eigenvalue weighted by molar-refractivity contribution is -0.361. The Hall–Kier alpha value is -2.72. The summed E-state index contributed by atoms with van der Waals surface area (Å²) < 4.78 is 95.2. The van der Waals surface area contributed by atoms with E-state index >= 15 is 0 Å². The van der Waals surface area contributed by atoms with E-state index in [2.05, 4.69) is 5.10 Å². The van der Waals surface area contributed by atoms with Crippen LogP contribution in [0.2, 0.25) is 10.0 Å². The first-order chi connectivity index (χ1) is 15.3. The number of fused-ring (bicyclic) bond motifs is 1. The van der Waals surface area contributed by atoms with Crippen molar-refractivity contribution in [3.8, 4) is 5.75 Å². The number of benzene rings is 3. The molecule has 0 fully saturated rings. The van der Waals surface area contributed by atoms with E-state index in [1.165, 1.54) is 6.07 Å². The van der Waals surface area contributed by atoms with Crippen LogP contribution < -0.4 is 10.2 Å². The Morgan fingerprint density at radius 3 is 2.27 bits per heavy atom. The summed E-state index contributed by atoms with van der Waals surface area (Å²) in [5.41, 5.74) is 1.16. The lowest BCUT2D eigenvalue weighted by Gasteiger charge is -2.27. The Morgan fingerprint density at radius 2 is 1.58 bits per heavy atom. The molecule has 3 rings (SSSR count). The normalized spacial score (nSPS) is 13.0. The van der Waals surface area contributed by atoms with Crippen LogP contribution in [-0.4, -0.2) is 24.4 Å². The zero-order valence-corrected chi connectivity index (χ0v) is 17.7. The van der Waals surface area contributed by atoms with Gasteiger partial charge in [0.25, 0.3) is 0 Å². The summed E-state index contributed by atoms with van der Waals surface area (Å²) in [6.07, 6.45) is -5.94. The molecule has 0 aliphatic carbocycles. The maximum atomic E-state index is 13.4. The first kappa shape index (κ1) is 24.9. The molecular weight excluding hydrogens is 500 g/mol. The Kier molecular flexibility index (Phi) is 6.99. The minimum atomic E-state index is -6.49. The second-order valence-electron chi connectivity index (χ2n) is 6.75. The fourth-order valence-electron chi connectivity index (χ4n) is 2.83. The topological polar surface area (TPSA) is 33.6 Å². The van der Waals surface area contributed by atoms with Gasteiger partial charge in [-0.05, 0) is 28.5 Å². The Labute approximate surface area is 192 Å². The average molecular weight is 513 g/mol. The van der Waals surface area contributed by atoms with Crippen LogP contribution in [0.4, 0.5) is 30.7 Å². The summed E-state index contributed by atoms with van der Waals surface area (Å²) in [7, 11) is 0. The molecule has 1 N–H and O–H groups in total. The number of hydrogen-bond donors (Lipinski definition) is 1. The average Bonchev–Trinajstić information content (AvgIpc) is 2.72. The number of alkyl halides is 7. The number of hydrazone groups is 1. The van der Waals surface area contributed by atoms with Crippen molar-refractivity contribution in [3.05, 3.63) is 75.8 Å². The van der Waals surface area contributed by atoms with Gasteiger partial charge in [-0.25, -0.2) is 5.43 Å². The van der Waals surface area contributed by atoms with Crippen molar-refractivity contribution < 1.29 is 35.5 Å². The van der Waals surface area contributed by atoms with Gasteiger partial charge in [-0.2, -0.15) is 35.8 Å². The quantitative estimate of drug-likeness (QED) is 0.154. The SMILES string of the molecule is FC(F)(F)C(F)(F)C(F)(F)N/N=C\c1cc(Cl)cc(Cl)c1OCc1cccc2ccccc12. The highest BCUT2D eigenvalue weighted by Crippen LogP contribution is 2.45. The fourth-order valence-corrected chi connectivity index (χ4v) is 3.39. The van der Waals surface area contributed by atoms with Gasteiger partial charge in [0.05, 0.1) is 11.2 Å². The van der Waals surface area contributed by atoms with E-state index in [0.717, 1.165) is 22.4 Å². The van der Waals surface area contributed by atoms with Gasteiger partial charge >= 0.3 is 18.1 Å². The Bertz CT molecular complexity index is 1180. The van der Waals surface area contributed by atoms with Gasteiger partial charge in [-0.15, -0.1) is 0 Å². The monoisotopic (exact) mass is 512 g/mol. The molecule has 3 nitrogen and oxygen atoms in total. The number of ether oxygens (including phenoxy) is 1. The molecule has 33 heavy (non-hydrogen) atoms. The summed E-state index contributed by atoms with van der Waals surface area (Å²) in [4.78, 5) is 0. The van der Waals surface area contributed by atoms with E-state index in [1.54, 1.807) is 12.1 Å². The molecular formula is C21H13Cl2F7N2O. The molecule has 0 aliphatic rings. The lowest BCUT2D eigenvalue weighted by Crippen LogP contribution is -2.58. The van der Waals surface area contributed by atoms with Crippen molar-refractivity contribution in [1.82, 2.24) is 5.43 Å². The molecule has 12 heteroatoms. The second-order valence-corrected chi connectivity index (χ2v) is 7.59. The van der Waals surface area contributed by atoms with Gasteiger partial charge in [0.15, 0.2) is 0 Å². The largest absolute Gasteiger partial charge is 0.487 e. The standard InChI is InChI=1S/C21H13Cl2F7N2O/c22-15-8-14(10-31-32-21(29,30)19(24,25)20(26,27)28)18(17(23)9-15)33-11-13-6-3-5-12-4-1-2-7-16(12)13/h1-10,32H,11H2/b31-10-. The van der Waals surface area contributed by atoms with E-state index in [1.807, 2.05) is 30.3 Å². The highest BCUT2D eigenvalue weighted by molar-refractivity contribution is 6.36. The van der Waals surface area contributed by atoms with E-state index in [4.69, 9.17) is 27.9 Å². The summed E-state index contributed by atoms with van der Waals surface area (Å²) >= 11 is 12.0. The number of nitrogens with one attached hydrogen (secondary N) is 1. The van der Waals surface area contributed by atoms with E-state index in [-0.39, 0.29) is 28.0 Å². The van der Waals surface area contributed by atoms with Crippen LogP contribution in [0.5, 0.6) is 5.75 Å². The first-order valence-electron chi connectivity index (χ1n) is 9.04. The summed E-state index contributed by atoms with van der Waals surface area (Å²) in [6.45, 7) is -0.0285. The zero-order valence-electron chi connectivity index (χ0n) is 16.2. The molecule has 176 valence electrons. The van der Waals surface area contributed by atoms with Crippen LogP contribution in [0.25, 0.3) is 10.8 Å². The van der Waals surface area contributed by atoms with Crippen LogP contribution >= 0.6 is 23.2 Å². The molecule has 0 saturated carbocycles. The van der Waals surface area contributed by atoms with Crippen molar-refractivity contribution in [1.29, 1.82) is 0 Å². The summed E-state index contributed by atoms with van der Waals surface area (Å²) in [5.74, 6) is -6.46. The summed E-state index contributed by atoms with van der Waals surface area (Å²) in [6, 6.07) is 9.59. The predicted molar refractivity (Wildman–Crippen MR) is 111 cm³/mol. The van der Waals surface area contributed by atoms with Gasteiger partial charge in [-0.1, -0.05) is 65.7 Å². The molecule has 0 radical (unpaired) electrons. The minimum Gasteiger partial charge on any atom is -0.487 e. The molecule has 0 unspecified atom stereocenters. The molecule has 0 heterocycles. The number of halogens is 9. The van der Waals surface area contributed by atoms with Gasteiger partial charge in [0.1, 0.15) is 12.4 Å². The van der Waals surface area contributed by atoms with Gasteiger partial charge < -0.3 is 4.74 Å². The van der Waals surface area contributed by atoms with Gasteiger partial charge in [0, 0.05) is 10.6 Å². The van der Waals surface area contributed by atoms with Crippen LogP contribution in [0.15, 0.2) is 59.7 Å². The molecule has 0 aliphatic heterocycles. The first-order valence-corrected chi connectivity index (χ1v) is 9.80. The third-order valence-corrected chi connectivity index (χ3v) is 4.95. The van der Waals surface area contributed by atoms with Gasteiger partial charge in [-0.3, -0.25) is 0 Å². The van der Waals surface area contributed by atoms with Crippen molar-refractivity contribution in [3.63, 3.8) is 0 Å². The fraction of sp³-hybridized carbons (Fsp3) is 0.190. The minimum absolute atomic E-state index is 0.0198. The van der Waals surface area contributed by atoms with E-state index in [0.29, 0.717) is 11.6 Å². The highest BCUT2D eigenvalue weighted by atomic mass is 35.5. The van der Waals surface area contributed by atoms with E-state index < -0.39 is 18.1 Å². The van der Waals surface area contributed by atoms with Crippen LogP contribution in [0.1, 0.15) is 11.1 Å². The smallest absolute Gasteiger partial charge is 0.462 e. The van der Waals surface area contributed by atoms with Crippen LogP contribution in [0, 0.1) is 0 Å². The number of nitrogens with zero attached hydrogens (tertiary/aromatic N) is 1. The lowest BCUT2D eigenvalue weighted by atomic mass is 10.1. The molecule has 3 aromatic carbocycles. The molecule has 0 atom stereocenters. The molecule has 0 saturated heterocycles. The van der Waals surface area contributed by atoms with Crippen LogP contribution in [0.3, 0.4) is 0 Å². The molecule has 3 aromatic rings. The van der Waals surface area contributed by atoms with Crippen molar-refractivity contribution in [2.45, 2.75) is 24.8 Å². The molecule has 0 amide bonds. The number of rotatable bonds is 7. The predicted octanol–water partition coefficient (Wildman–Crippen LogP) is 7.44. The second kappa shape index (κ2) is 9.26. The molecule has 0 aromatic heterocycles. The van der Waals surface area contributed by atoms with E-state index in [9.17, 15) is 30.7 Å². The molecule has 0 spiro atoms. The van der Waals surface area contributed by atoms with Gasteiger partial charge in [0.2, 0.25) is 0 Å². The third kappa shape index (κ3) is 5.27. The zero-order chi connectivity index (χ0) is 24.4. The van der Waals surface area contributed by atoms with Crippen molar-refractivity contribution in [2.24, 2.45) is 5.10 Å². The third-order valence-electron chi connectivity index (χ3n) is 4.45. The maximum absolute atomic E-state index is 13.4.